The van der Waals surface area contributed by atoms with Gasteiger partial charge in [0.05, 0.1) is 18.0 Å². The molecule has 0 aliphatic heterocycles. The lowest BCUT2D eigenvalue weighted by Crippen LogP contribution is -2.15. The van der Waals surface area contributed by atoms with E-state index in [9.17, 15) is 9.90 Å². The Kier molecular flexibility index (Phi) is 3.37. The molecule has 0 aromatic carbocycles. The van der Waals surface area contributed by atoms with Crippen LogP contribution in [0.15, 0.2) is 30.7 Å². The van der Waals surface area contributed by atoms with Gasteiger partial charge in [-0.2, -0.15) is 5.10 Å². The maximum atomic E-state index is 11.5. The van der Waals surface area contributed by atoms with Crippen molar-refractivity contribution >= 4 is 5.97 Å². The van der Waals surface area contributed by atoms with Crippen LogP contribution in [0.2, 0.25) is 0 Å². The molecule has 1 aliphatic carbocycles. The van der Waals surface area contributed by atoms with Gasteiger partial charge in [0.1, 0.15) is 0 Å². The van der Waals surface area contributed by atoms with E-state index >= 15 is 0 Å². The van der Waals surface area contributed by atoms with Crippen molar-refractivity contribution < 1.29 is 14.6 Å². The summed E-state index contributed by atoms with van der Waals surface area (Å²) >= 11 is 0. The first-order valence-electron chi connectivity index (χ1n) is 6.64. The van der Waals surface area contributed by atoms with Gasteiger partial charge in [0.15, 0.2) is 11.4 Å². The highest BCUT2D eigenvalue weighted by Gasteiger charge is 2.24. The summed E-state index contributed by atoms with van der Waals surface area (Å²) in [6.45, 7) is 0. The normalized spacial score (nSPS) is 15.4. The quantitative estimate of drug-likeness (QED) is 0.924. The third-order valence-corrected chi connectivity index (χ3v) is 3.44. The fourth-order valence-electron chi connectivity index (χ4n) is 2.48. The highest BCUT2D eigenvalue weighted by atomic mass is 16.5. The van der Waals surface area contributed by atoms with Gasteiger partial charge in [0.25, 0.3) is 0 Å². The Morgan fingerprint density at radius 3 is 2.65 bits per heavy atom. The minimum atomic E-state index is -1.05. The highest BCUT2D eigenvalue weighted by molar-refractivity contribution is 5.89. The summed E-state index contributed by atoms with van der Waals surface area (Å²) < 4.78 is 7.16. The number of hydrogen-bond acceptors (Lipinski definition) is 4. The van der Waals surface area contributed by atoms with E-state index in [1.54, 1.807) is 24.5 Å². The maximum absolute atomic E-state index is 11.5. The largest absolute Gasteiger partial charge is 0.486 e. The summed E-state index contributed by atoms with van der Waals surface area (Å²) in [5, 5.41) is 13.5. The Bertz CT molecular complexity index is 603. The predicted molar refractivity (Wildman–Crippen MR) is 71.2 cm³/mol. The maximum Gasteiger partial charge on any atom is 0.358 e. The van der Waals surface area contributed by atoms with Crippen LogP contribution in [0.1, 0.15) is 36.2 Å². The molecular weight excluding hydrogens is 258 g/mol. The van der Waals surface area contributed by atoms with Gasteiger partial charge in [-0.15, -0.1) is 0 Å². The Hall–Kier alpha value is -2.37. The molecule has 1 saturated carbocycles. The molecule has 0 unspecified atom stereocenters. The predicted octanol–water partition coefficient (Wildman–Crippen LogP) is 2.29. The first-order valence-corrected chi connectivity index (χ1v) is 6.64. The number of carboxylic acid groups (broad SMARTS) is 1. The van der Waals surface area contributed by atoms with E-state index in [1.807, 2.05) is 0 Å². The summed E-state index contributed by atoms with van der Waals surface area (Å²) in [4.78, 5) is 15.4. The second-order valence-electron chi connectivity index (χ2n) is 4.80. The van der Waals surface area contributed by atoms with E-state index in [1.165, 1.54) is 10.9 Å². The Balaban J connectivity index is 1.95. The number of nitrogens with zero attached hydrogens (tertiary/aromatic N) is 3. The fourth-order valence-corrected chi connectivity index (χ4v) is 2.48. The number of carbonyl (C=O) groups is 1. The zero-order valence-corrected chi connectivity index (χ0v) is 10.9. The third kappa shape index (κ3) is 2.36. The van der Waals surface area contributed by atoms with Gasteiger partial charge in [0.2, 0.25) is 0 Å². The van der Waals surface area contributed by atoms with Gasteiger partial charge in [0, 0.05) is 12.4 Å². The number of pyridine rings is 1. The van der Waals surface area contributed by atoms with Gasteiger partial charge >= 0.3 is 5.97 Å². The Labute approximate surface area is 116 Å². The SMILES string of the molecule is O=C(O)c1c(OC2CCCC2)cnn1-c1ccncc1. The molecule has 1 fully saturated rings. The summed E-state index contributed by atoms with van der Waals surface area (Å²) in [5.74, 6) is -0.714. The van der Waals surface area contributed by atoms with E-state index in [-0.39, 0.29) is 11.8 Å². The second-order valence-corrected chi connectivity index (χ2v) is 4.80. The van der Waals surface area contributed by atoms with E-state index in [0.29, 0.717) is 11.4 Å². The summed E-state index contributed by atoms with van der Waals surface area (Å²) in [6.07, 6.45) is 8.97. The average molecular weight is 273 g/mol. The number of carboxylic acids is 1. The number of hydrogen-bond donors (Lipinski definition) is 1. The molecule has 20 heavy (non-hydrogen) atoms. The Morgan fingerprint density at radius 1 is 1.30 bits per heavy atom. The summed E-state index contributed by atoms with van der Waals surface area (Å²) in [6, 6.07) is 3.41. The number of rotatable bonds is 4. The van der Waals surface area contributed by atoms with Crippen LogP contribution in [-0.2, 0) is 0 Å². The second kappa shape index (κ2) is 5.32. The molecule has 0 atom stereocenters. The van der Waals surface area contributed by atoms with E-state index in [0.717, 1.165) is 25.7 Å². The molecule has 1 aliphatic rings. The molecule has 0 spiro atoms. The molecule has 2 aromatic rings. The standard InChI is InChI=1S/C14H15N3O3/c18-14(19)13-12(20-11-3-1-2-4-11)9-16-17(13)10-5-7-15-8-6-10/h5-9,11H,1-4H2,(H,18,19). The first-order chi connectivity index (χ1) is 9.75. The van der Waals surface area contributed by atoms with Crippen LogP contribution in [0, 0.1) is 0 Å². The van der Waals surface area contributed by atoms with Crippen molar-refractivity contribution in [2.75, 3.05) is 0 Å². The van der Waals surface area contributed by atoms with Crippen LogP contribution in [0.3, 0.4) is 0 Å². The van der Waals surface area contributed by atoms with Crippen LogP contribution < -0.4 is 4.74 Å². The topological polar surface area (TPSA) is 77.2 Å². The van der Waals surface area contributed by atoms with Crippen LogP contribution in [-0.4, -0.2) is 31.9 Å². The molecule has 3 rings (SSSR count). The zero-order chi connectivity index (χ0) is 13.9. The average Bonchev–Trinajstić information content (AvgIpc) is 3.09. The molecule has 2 heterocycles. The molecular formula is C14H15N3O3. The van der Waals surface area contributed by atoms with Gasteiger partial charge in [-0.3, -0.25) is 4.98 Å². The van der Waals surface area contributed by atoms with Crippen LogP contribution >= 0.6 is 0 Å². The van der Waals surface area contributed by atoms with E-state index in [2.05, 4.69) is 10.1 Å². The highest BCUT2D eigenvalue weighted by Crippen LogP contribution is 2.27. The monoisotopic (exact) mass is 273 g/mol. The number of aromatic nitrogens is 3. The molecule has 6 heteroatoms. The summed E-state index contributed by atoms with van der Waals surface area (Å²) in [7, 11) is 0. The van der Waals surface area contributed by atoms with Crippen molar-refractivity contribution in [1.82, 2.24) is 14.8 Å². The lowest BCUT2D eigenvalue weighted by molar-refractivity contribution is 0.0679. The number of aromatic carboxylic acids is 1. The van der Waals surface area contributed by atoms with Gasteiger partial charge in [-0.05, 0) is 37.8 Å². The molecule has 0 radical (unpaired) electrons. The van der Waals surface area contributed by atoms with E-state index < -0.39 is 5.97 Å². The molecule has 0 bridgehead atoms. The van der Waals surface area contributed by atoms with Crippen LogP contribution in [0.25, 0.3) is 5.69 Å². The molecule has 104 valence electrons. The van der Waals surface area contributed by atoms with Crippen molar-refractivity contribution in [2.45, 2.75) is 31.8 Å². The van der Waals surface area contributed by atoms with Crippen molar-refractivity contribution in [2.24, 2.45) is 0 Å². The smallest absolute Gasteiger partial charge is 0.358 e. The lowest BCUT2D eigenvalue weighted by Gasteiger charge is -2.12. The van der Waals surface area contributed by atoms with Crippen molar-refractivity contribution in [3.63, 3.8) is 0 Å². The van der Waals surface area contributed by atoms with Crippen molar-refractivity contribution in [3.8, 4) is 11.4 Å². The molecule has 6 nitrogen and oxygen atoms in total. The molecule has 0 saturated heterocycles. The lowest BCUT2D eigenvalue weighted by atomic mass is 10.3. The first kappa shape index (κ1) is 12.7. The van der Waals surface area contributed by atoms with Gasteiger partial charge in [-0.25, -0.2) is 9.48 Å². The van der Waals surface area contributed by atoms with Crippen molar-refractivity contribution in [3.05, 3.63) is 36.4 Å². The summed E-state index contributed by atoms with van der Waals surface area (Å²) in [5.41, 5.74) is 0.710. The molecule has 0 amide bonds. The third-order valence-electron chi connectivity index (χ3n) is 3.44. The molecule has 1 N–H and O–H groups in total. The number of ether oxygens (including phenoxy) is 1. The van der Waals surface area contributed by atoms with Gasteiger partial charge in [-0.1, -0.05) is 0 Å². The minimum Gasteiger partial charge on any atom is -0.486 e. The van der Waals surface area contributed by atoms with Crippen LogP contribution in [0.5, 0.6) is 5.75 Å². The Morgan fingerprint density at radius 2 is 2.00 bits per heavy atom. The van der Waals surface area contributed by atoms with E-state index in [4.69, 9.17) is 4.74 Å². The van der Waals surface area contributed by atoms with Gasteiger partial charge < -0.3 is 9.84 Å². The minimum absolute atomic E-state index is 0.0584. The molecule has 2 aromatic heterocycles. The van der Waals surface area contributed by atoms with Crippen LogP contribution in [0.4, 0.5) is 0 Å². The van der Waals surface area contributed by atoms with Crippen molar-refractivity contribution in [1.29, 1.82) is 0 Å². The fraction of sp³-hybridized carbons (Fsp3) is 0.357. The zero-order valence-electron chi connectivity index (χ0n) is 10.9.